The van der Waals surface area contributed by atoms with E-state index in [-0.39, 0.29) is 26.1 Å². The van der Waals surface area contributed by atoms with Gasteiger partial charge in [-0.05, 0) is 116 Å². The summed E-state index contributed by atoms with van der Waals surface area (Å²) in [7, 11) is 1.13. The van der Waals surface area contributed by atoms with E-state index in [1.165, 1.54) is 19.3 Å². The van der Waals surface area contributed by atoms with Gasteiger partial charge in [-0.1, -0.05) is 217 Å². The normalized spacial score (nSPS) is 14.4. The Morgan fingerprint density at radius 2 is 0.760 bits per heavy atom. The zero-order valence-electron chi connectivity index (χ0n) is 47.9. The van der Waals surface area contributed by atoms with Crippen LogP contribution in [0.15, 0.2) is 146 Å². The molecule has 75 heavy (non-hydrogen) atoms. The van der Waals surface area contributed by atoms with Crippen LogP contribution in [0.3, 0.4) is 0 Å². The second kappa shape index (κ2) is 54.7. The molecule has 0 aromatic heterocycles. The number of unbranched alkanes of at least 4 members (excludes halogenated alkanes) is 13. The van der Waals surface area contributed by atoms with Crippen LogP contribution in [0.25, 0.3) is 0 Å². The fourth-order valence-electron chi connectivity index (χ4n) is 7.13. The highest BCUT2D eigenvalue weighted by molar-refractivity contribution is 7.45. The average Bonchev–Trinajstić information content (AvgIpc) is 3.37. The molecular weight excluding hydrogens is 954 g/mol. The number of likely N-dealkylation sites (N-methyl/N-ethyl adjacent to an activating group) is 1. The number of esters is 2. The molecule has 0 aromatic carbocycles. The predicted octanol–water partition coefficient (Wildman–Crippen LogP) is 17.7. The molecule has 0 heterocycles. The van der Waals surface area contributed by atoms with Gasteiger partial charge in [-0.25, -0.2) is 0 Å². The molecule has 10 heteroatoms. The molecule has 0 aliphatic carbocycles. The molecule has 0 bridgehead atoms. The molecule has 0 aliphatic rings. The average molecular weight is 1060 g/mol. The maximum absolute atomic E-state index is 12.7. The molecule has 0 fully saturated rings. The van der Waals surface area contributed by atoms with Gasteiger partial charge in [0.15, 0.2) is 6.10 Å². The maximum atomic E-state index is 12.7. The molecule has 0 aromatic rings. The smallest absolute Gasteiger partial charge is 0.306 e. The number of phosphoric ester groups is 1. The van der Waals surface area contributed by atoms with Gasteiger partial charge in [0.25, 0.3) is 7.82 Å². The molecule has 0 amide bonds. The van der Waals surface area contributed by atoms with Crippen LogP contribution in [-0.2, 0) is 32.7 Å². The quantitative estimate of drug-likeness (QED) is 0.0195. The lowest BCUT2D eigenvalue weighted by Gasteiger charge is -2.28. The molecule has 0 aliphatic heterocycles. The standard InChI is InChI=1S/C65H106NO8P/c1-6-8-10-12-14-16-18-19-20-21-22-23-24-25-26-27-28-29-30-31-32-33-34-35-36-37-38-39-40-41-42-43-44-45-46-47-48-50-52-54-56-58-65(68)74-63(62-73-75(69,70)72-60-59-66(3,4)5)61-71-64(67)57-55-53-51-49-17-15-13-11-9-7-2/h8,10-11,13-14,16,19-20,22-23,25-26,28-29,31-32,34-35,37-38,40-41,43-44,63H,6-7,9,12,15,17-18,21,24,27,30,33,36,39,42,45-62H2,1-5H3/b10-8-,13-11-,16-14-,20-19-,23-22-,26-25-,29-28-,32-31-,35-34-,38-37-,41-40-,44-43-. The fraction of sp³-hybridized carbons (Fsp3) is 0.600. The molecule has 2 atom stereocenters. The van der Waals surface area contributed by atoms with Crippen LogP contribution in [0.1, 0.15) is 200 Å². The first-order valence-corrected chi connectivity index (χ1v) is 30.5. The Morgan fingerprint density at radius 1 is 0.427 bits per heavy atom. The van der Waals surface area contributed by atoms with Gasteiger partial charge < -0.3 is 27.9 Å². The summed E-state index contributed by atoms with van der Waals surface area (Å²) >= 11 is 0. The number of quaternary nitrogens is 1. The van der Waals surface area contributed by atoms with Gasteiger partial charge in [-0.2, -0.15) is 0 Å². The largest absolute Gasteiger partial charge is 0.756 e. The second-order valence-electron chi connectivity index (χ2n) is 19.9. The molecule has 9 nitrogen and oxygen atoms in total. The van der Waals surface area contributed by atoms with Crippen molar-refractivity contribution in [2.24, 2.45) is 0 Å². The highest BCUT2D eigenvalue weighted by Crippen LogP contribution is 2.38. The Morgan fingerprint density at radius 3 is 1.15 bits per heavy atom. The van der Waals surface area contributed by atoms with E-state index in [1.54, 1.807) is 0 Å². The van der Waals surface area contributed by atoms with Crippen molar-refractivity contribution in [1.82, 2.24) is 0 Å². The van der Waals surface area contributed by atoms with Crippen molar-refractivity contribution in [2.75, 3.05) is 47.5 Å². The van der Waals surface area contributed by atoms with Gasteiger partial charge >= 0.3 is 11.9 Å². The predicted molar refractivity (Wildman–Crippen MR) is 318 cm³/mol. The third kappa shape index (κ3) is 59.0. The van der Waals surface area contributed by atoms with Crippen molar-refractivity contribution in [1.29, 1.82) is 0 Å². The van der Waals surface area contributed by atoms with Gasteiger partial charge in [0.2, 0.25) is 0 Å². The summed E-state index contributed by atoms with van der Waals surface area (Å²) in [6.07, 6.45) is 80.6. The van der Waals surface area contributed by atoms with E-state index in [1.807, 2.05) is 21.1 Å². The van der Waals surface area contributed by atoms with Crippen LogP contribution in [-0.4, -0.2) is 70.0 Å². The summed E-state index contributed by atoms with van der Waals surface area (Å²) in [5.41, 5.74) is 0. The molecule has 0 saturated carbocycles. The summed E-state index contributed by atoms with van der Waals surface area (Å²) < 4.78 is 34.0. The fourth-order valence-corrected chi connectivity index (χ4v) is 7.86. The lowest BCUT2D eigenvalue weighted by molar-refractivity contribution is -0.870. The van der Waals surface area contributed by atoms with Crippen LogP contribution in [0.2, 0.25) is 0 Å². The Labute approximate surface area is 459 Å². The first-order valence-electron chi connectivity index (χ1n) is 29.0. The van der Waals surface area contributed by atoms with Gasteiger partial charge in [0.1, 0.15) is 19.8 Å². The number of ether oxygens (including phenoxy) is 2. The molecule has 0 radical (unpaired) electrons. The van der Waals surface area contributed by atoms with E-state index in [9.17, 15) is 19.0 Å². The first-order chi connectivity index (χ1) is 36.5. The summed E-state index contributed by atoms with van der Waals surface area (Å²) in [6, 6.07) is 0. The van der Waals surface area contributed by atoms with Crippen LogP contribution in [0.5, 0.6) is 0 Å². The number of carbonyl (C=O) groups excluding carboxylic acids is 2. The van der Waals surface area contributed by atoms with Crippen molar-refractivity contribution in [3.63, 3.8) is 0 Å². The van der Waals surface area contributed by atoms with Crippen LogP contribution in [0.4, 0.5) is 0 Å². The number of carbonyl (C=O) groups is 2. The van der Waals surface area contributed by atoms with E-state index in [4.69, 9.17) is 18.5 Å². The molecule has 0 spiro atoms. The van der Waals surface area contributed by atoms with Gasteiger partial charge in [0, 0.05) is 12.8 Å². The monoisotopic (exact) mass is 1060 g/mol. The van der Waals surface area contributed by atoms with E-state index >= 15 is 0 Å². The summed E-state index contributed by atoms with van der Waals surface area (Å²) in [6.45, 7) is 4.00. The summed E-state index contributed by atoms with van der Waals surface area (Å²) in [5.74, 6) is -0.871. The van der Waals surface area contributed by atoms with Crippen molar-refractivity contribution in [3.05, 3.63) is 146 Å². The van der Waals surface area contributed by atoms with Crippen molar-refractivity contribution in [2.45, 2.75) is 206 Å². The summed E-state index contributed by atoms with van der Waals surface area (Å²) in [5, 5.41) is 0. The lowest BCUT2D eigenvalue weighted by atomic mass is 10.1. The van der Waals surface area contributed by atoms with E-state index in [0.717, 1.165) is 141 Å². The third-order valence-electron chi connectivity index (χ3n) is 11.6. The molecule has 2 unspecified atom stereocenters. The first kappa shape index (κ1) is 70.9. The zero-order valence-corrected chi connectivity index (χ0v) is 48.8. The third-order valence-corrected chi connectivity index (χ3v) is 12.5. The minimum atomic E-state index is -4.64. The van der Waals surface area contributed by atoms with Crippen LogP contribution in [0, 0.1) is 0 Å². The number of phosphoric acid groups is 1. The second-order valence-corrected chi connectivity index (χ2v) is 21.3. The van der Waals surface area contributed by atoms with E-state index in [2.05, 4.69) is 160 Å². The van der Waals surface area contributed by atoms with Crippen molar-refractivity contribution < 1.29 is 42.1 Å². The zero-order chi connectivity index (χ0) is 54.9. The topological polar surface area (TPSA) is 111 Å². The van der Waals surface area contributed by atoms with Gasteiger partial charge in [-0.3, -0.25) is 14.2 Å². The molecule has 424 valence electrons. The Hall–Kier alpha value is -4.11. The van der Waals surface area contributed by atoms with Crippen molar-refractivity contribution in [3.8, 4) is 0 Å². The minimum absolute atomic E-state index is 0.0416. The van der Waals surface area contributed by atoms with Gasteiger partial charge in [-0.15, -0.1) is 0 Å². The Bertz CT molecular complexity index is 1770. The molecule has 0 saturated heterocycles. The minimum Gasteiger partial charge on any atom is -0.756 e. The molecule has 0 N–H and O–H groups in total. The lowest BCUT2D eigenvalue weighted by Crippen LogP contribution is -2.37. The van der Waals surface area contributed by atoms with Crippen LogP contribution < -0.4 is 4.89 Å². The summed E-state index contributed by atoms with van der Waals surface area (Å²) in [4.78, 5) is 37.6. The highest BCUT2D eigenvalue weighted by atomic mass is 31.2. The van der Waals surface area contributed by atoms with E-state index < -0.39 is 32.5 Å². The van der Waals surface area contributed by atoms with Crippen LogP contribution >= 0.6 is 7.82 Å². The maximum Gasteiger partial charge on any atom is 0.306 e. The number of hydrogen-bond acceptors (Lipinski definition) is 8. The number of nitrogens with zero attached hydrogens (tertiary/aromatic N) is 1. The Balaban J connectivity index is 4.09. The van der Waals surface area contributed by atoms with E-state index in [0.29, 0.717) is 23.9 Å². The number of hydrogen-bond donors (Lipinski definition) is 0. The highest BCUT2D eigenvalue weighted by Gasteiger charge is 2.21. The van der Waals surface area contributed by atoms with Crippen molar-refractivity contribution >= 4 is 19.8 Å². The molecule has 0 rings (SSSR count). The Kier molecular flexibility index (Phi) is 51.7. The molecular formula is C65H106NO8P. The number of allylic oxidation sites excluding steroid dienone is 24. The van der Waals surface area contributed by atoms with Gasteiger partial charge in [0.05, 0.1) is 27.7 Å². The SMILES string of the molecule is CC/C=C\C/C=C\C/C=C\C/C=C\C/C=C\C/C=C\C/C=C\C/C=C\C/C=C\C/C=C\C/C=C\CCCCCCCCCC(=O)OC(COC(=O)CCCCCCC/C=C\CCC)COP(=O)([O-])OCC[N+](C)(C)C. The number of rotatable bonds is 51.